The van der Waals surface area contributed by atoms with Crippen molar-refractivity contribution in [2.24, 2.45) is 0 Å². The van der Waals surface area contributed by atoms with Crippen LogP contribution >= 0.6 is 11.6 Å². The summed E-state index contributed by atoms with van der Waals surface area (Å²) in [5.41, 5.74) is 5.63. The minimum atomic E-state index is 0.767. The van der Waals surface area contributed by atoms with E-state index in [1.165, 1.54) is 5.56 Å². The third kappa shape index (κ3) is 2.61. The minimum absolute atomic E-state index is 0.767. The molecule has 1 aromatic carbocycles. The van der Waals surface area contributed by atoms with Crippen molar-refractivity contribution >= 4 is 17.3 Å². The van der Waals surface area contributed by atoms with Gasteiger partial charge in [0.05, 0.1) is 5.69 Å². The number of nitrogens with one attached hydrogen (secondary N) is 2. The van der Waals surface area contributed by atoms with Crippen molar-refractivity contribution in [1.29, 1.82) is 0 Å². The van der Waals surface area contributed by atoms with Gasteiger partial charge in [0.1, 0.15) is 0 Å². The fraction of sp³-hybridized carbons (Fsp3) is 0.308. The van der Waals surface area contributed by atoms with Gasteiger partial charge in [0.2, 0.25) is 0 Å². The number of H-pyrrole nitrogens is 1. The monoisotopic (exact) mass is 249 g/mol. The molecule has 2 N–H and O–H groups in total. The van der Waals surface area contributed by atoms with E-state index in [0.717, 1.165) is 34.2 Å². The van der Waals surface area contributed by atoms with Gasteiger partial charge < -0.3 is 5.32 Å². The zero-order valence-corrected chi connectivity index (χ0v) is 11.0. The molecule has 0 saturated carbocycles. The number of benzene rings is 1. The van der Waals surface area contributed by atoms with Gasteiger partial charge in [0.25, 0.3) is 0 Å². The van der Waals surface area contributed by atoms with E-state index < -0.39 is 0 Å². The molecule has 2 rings (SSSR count). The van der Waals surface area contributed by atoms with Crippen molar-refractivity contribution in [3.63, 3.8) is 0 Å². The number of aryl methyl sites for hydroxylation is 3. The molecule has 0 unspecified atom stereocenters. The molecule has 0 saturated heterocycles. The van der Waals surface area contributed by atoms with Crippen LogP contribution in [0.4, 0.5) is 5.69 Å². The largest absolute Gasteiger partial charge is 0.381 e. The Balaban J connectivity index is 2.13. The molecular weight excluding hydrogens is 234 g/mol. The molecule has 0 amide bonds. The zero-order chi connectivity index (χ0) is 12.4. The molecular formula is C13H16ClN3. The lowest BCUT2D eigenvalue weighted by atomic mass is 10.1. The van der Waals surface area contributed by atoms with Crippen LogP contribution in [-0.4, -0.2) is 10.2 Å². The average molecular weight is 250 g/mol. The predicted octanol–water partition coefficient (Wildman–Crippen LogP) is 3.60. The van der Waals surface area contributed by atoms with Crippen molar-refractivity contribution in [2.75, 3.05) is 5.32 Å². The molecule has 0 radical (unpaired) electrons. The Morgan fingerprint density at radius 1 is 1.29 bits per heavy atom. The molecule has 0 spiro atoms. The first-order valence-corrected chi connectivity index (χ1v) is 5.96. The maximum atomic E-state index is 5.92. The highest BCUT2D eigenvalue weighted by Crippen LogP contribution is 2.21. The number of hydrogen-bond acceptors (Lipinski definition) is 2. The Morgan fingerprint density at radius 2 is 2.06 bits per heavy atom. The summed E-state index contributed by atoms with van der Waals surface area (Å²) in [7, 11) is 0. The SMILES string of the molecule is Cc1cc(Cl)ccc1NCc1c(C)n[nH]c1C. The number of anilines is 1. The molecule has 0 atom stereocenters. The average Bonchev–Trinajstić information content (AvgIpc) is 2.58. The van der Waals surface area contributed by atoms with E-state index in [4.69, 9.17) is 11.6 Å². The first kappa shape index (κ1) is 12.0. The zero-order valence-electron chi connectivity index (χ0n) is 10.3. The van der Waals surface area contributed by atoms with Gasteiger partial charge in [-0.2, -0.15) is 5.10 Å². The highest BCUT2D eigenvalue weighted by atomic mass is 35.5. The number of rotatable bonds is 3. The van der Waals surface area contributed by atoms with Crippen LogP contribution in [0.1, 0.15) is 22.5 Å². The van der Waals surface area contributed by atoms with Crippen LogP contribution in [-0.2, 0) is 6.54 Å². The standard InChI is InChI=1S/C13H16ClN3/c1-8-6-11(14)4-5-13(8)15-7-12-9(2)16-17-10(12)3/h4-6,15H,7H2,1-3H3,(H,16,17). The lowest BCUT2D eigenvalue weighted by Crippen LogP contribution is -2.02. The van der Waals surface area contributed by atoms with E-state index in [2.05, 4.69) is 15.5 Å². The van der Waals surface area contributed by atoms with Crippen LogP contribution in [0.25, 0.3) is 0 Å². The molecule has 0 fully saturated rings. The Morgan fingerprint density at radius 3 is 2.65 bits per heavy atom. The van der Waals surface area contributed by atoms with E-state index in [9.17, 15) is 0 Å². The van der Waals surface area contributed by atoms with Gasteiger partial charge in [-0.15, -0.1) is 0 Å². The summed E-state index contributed by atoms with van der Waals surface area (Å²) in [5, 5.41) is 11.3. The highest BCUT2D eigenvalue weighted by molar-refractivity contribution is 6.30. The molecule has 90 valence electrons. The molecule has 1 aromatic heterocycles. The third-order valence-corrected chi connectivity index (χ3v) is 3.16. The first-order chi connectivity index (χ1) is 8.08. The summed E-state index contributed by atoms with van der Waals surface area (Å²) < 4.78 is 0. The molecule has 4 heteroatoms. The summed E-state index contributed by atoms with van der Waals surface area (Å²) in [6.07, 6.45) is 0. The number of aromatic amines is 1. The van der Waals surface area contributed by atoms with Gasteiger partial charge in [-0.1, -0.05) is 11.6 Å². The Hall–Kier alpha value is -1.48. The minimum Gasteiger partial charge on any atom is -0.381 e. The maximum absolute atomic E-state index is 5.92. The van der Waals surface area contributed by atoms with E-state index in [-0.39, 0.29) is 0 Å². The van der Waals surface area contributed by atoms with Crippen LogP contribution < -0.4 is 5.32 Å². The molecule has 0 aliphatic heterocycles. The van der Waals surface area contributed by atoms with Crippen LogP contribution in [0.2, 0.25) is 5.02 Å². The number of hydrogen-bond donors (Lipinski definition) is 2. The van der Waals surface area contributed by atoms with Gasteiger partial charge in [0, 0.05) is 28.5 Å². The van der Waals surface area contributed by atoms with Crippen LogP contribution in [0, 0.1) is 20.8 Å². The molecule has 3 nitrogen and oxygen atoms in total. The Kier molecular flexibility index (Phi) is 3.38. The smallest absolute Gasteiger partial charge is 0.0643 e. The number of nitrogens with zero attached hydrogens (tertiary/aromatic N) is 1. The summed E-state index contributed by atoms with van der Waals surface area (Å²) in [6, 6.07) is 5.85. The summed E-state index contributed by atoms with van der Waals surface area (Å²) in [4.78, 5) is 0. The second-order valence-electron chi connectivity index (χ2n) is 4.23. The third-order valence-electron chi connectivity index (χ3n) is 2.92. The molecule has 0 bridgehead atoms. The Bertz CT molecular complexity index is 512. The van der Waals surface area contributed by atoms with E-state index >= 15 is 0 Å². The van der Waals surface area contributed by atoms with Crippen LogP contribution in [0.3, 0.4) is 0 Å². The van der Waals surface area contributed by atoms with Crippen molar-refractivity contribution < 1.29 is 0 Å². The van der Waals surface area contributed by atoms with Crippen molar-refractivity contribution in [1.82, 2.24) is 10.2 Å². The van der Waals surface area contributed by atoms with Gasteiger partial charge in [-0.05, 0) is 44.5 Å². The van der Waals surface area contributed by atoms with Gasteiger partial charge >= 0.3 is 0 Å². The van der Waals surface area contributed by atoms with Crippen molar-refractivity contribution in [3.8, 4) is 0 Å². The second-order valence-corrected chi connectivity index (χ2v) is 4.66. The lowest BCUT2D eigenvalue weighted by molar-refractivity contribution is 1.02. The van der Waals surface area contributed by atoms with E-state index in [1.807, 2.05) is 39.0 Å². The quantitative estimate of drug-likeness (QED) is 0.873. The van der Waals surface area contributed by atoms with Crippen molar-refractivity contribution in [3.05, 3.63) is 45.7 Å². The van der Waals surface area contributed by atoms with Crippen LogP contribution in [0.5, 0.6) is 0 Å². The molecule has 1 heterocycles. The topological polar surface area (TPSA) is 40.7 Å². The summed E-state index contributed by atoms with van der Waals surface area (Å²) in [5.74, 6) is 0. The number of aromatic nitrogens is 2. The predicted molar refractivity (Wildman–Crippen MR) is 71.6 cm³/mol. The highest BCUT2D eigenvalue weighted by Gasteiger charge is 2.06. The molecule has 2 aromatic rings. The van der Waals surface area contributed by atoms with E-state index in [1.54, 1.807) is 0 Å². The second kappa shape index (κ2) is 4.80. The fourth-order valence-electron chi connectivity index (χ4n) is 1.84. The van der Waals surface area contributed by atoms with Gasteiger partial charge in [-0.3, -0.25) is 5.10 Å². The van der Waals surface area contributed by atoms with E-state index in [0.29, 0.717) is 0 Å². The van der Waals surface area contributed by atoms with Gasteiger partial charge in [-0.25, -0.2) is 0 Å². The maximum Gasteiger partial charge on any atom is 0.0643 e. The van der Waals surface area contributed by atoms with Gasteiger partial charge in [0.15, 0.2) is 0 Å². The Labute approximate surface area is 106 Å². The lowest BCUT2D eigenvalue weighted by Gasteiger charge is -2.10. The number of halogens is 1. The summed E-state index contributed by atoms with van der Waals surface area (Å²) in [6.45, 7) is 6.86. The normalized spacial score (nSPS) is 10.6. The van der Waals surface area contributed by atoms with Crippen LogP contribution in [0.15, 0.2) is 18.2 Å². The first-order valence-electron chi connectivity index (χ1n) is 5.58. The molecule has 17 heavy (non-hydrogen) atoms. The molecule has 0 aliphatic carbocycles. The fourth-order valence-corrected chi connectivity index (χ4v) is 2.07. The molecule has 0 aliphatic rings. The summed E-state index contributed by atoms with van der Waals surface area (Å²) >= 11 is 5.92. The van der Waals surface area contributed by atoms with Crippen molar-refractivity contribution in [2.45, 2.75) is 27.3 Å².